The zero-order valence-corrected chi connectivity index (χ0v) is 17.8. The molecule has 0 spiro atoms. The van der Waals surface area contributed by atoms with E-state index in [9.17, 15) is 13.2 Å². The maximum Gasteiger partial charge on any atom is 0.284 e. The van der Waals surface area contributed by atoms with Crippen molar-refractivity contribution in [2.75, 3.05) is 12.1 Å². The Kier molecular flexibility index (Phi) is 5.43. The van der Waals surface area contributed by atoms with Crippen molar-refractivity contribution in [3.8, 4) is 5.75 Å². The molecule has 0 saturated carbocycles. The van der Waals surface area contributed by atoms with Gasteiger partial charge in [-0.25, -0.2) is 18.4 Å². The van der Waals surface area contributed by atoms with Crippen molar-refractivity contribution in [2.24, 2.45) is 5.10 Å². The minimum absolute atomic E-state index is 0.0759. The van der Waals surface area contributed by atoms with Crippen molar-refractivity contribution < 1.29 is 17.9 Å². The van der Waals surface area contributed by atoms with Gasteiger partial charge in [-0.2, -0.15) is 0 Å². The quantitative estimate of drug-likeness (QED) is 0.660. The number of nitrogens with one attached hydrogen (secondary N) is 1. The van der Waals surface area contributed by atoms with E-state index in [4.69, 9.17) is 4.74 Å². The Morgan fingerprint density at radius 3 is 2.55 bits per heavy atom. The fourth-order valence-corrected chi connectivity index (χ4v) is 4.53. The molecule has 4 rings (SSSR count). The summed E-state index contributed by atoms with van der Waals surface area (Å²) in [6, 6.07) is 17.4. The first-order valence-electron chi connectivity index (χ1n) is 9.47. The molecule has 158 valence electrons. The maximum absolute atomic E-state index is 13.1. The number of hydrazone groups is 1. The molecule has 0 bridgehead atoms. The minimum atomic E-state index is -4.15. The Morgan fingerprint density at radius 1 is 1.06 bits per heavy atom. The van der Waals surface area contributed by atoms with E-state index in [0.717, 1.165) is 5.56 Å². The highest BCUT2D eigenvalue weighted by atomic mass is 32.2. The number of nitrogens with zero attached hydrogens (tertiary/aromatic N) is 3. The van der Waals surface area contributed by atoms with Crippen LogP contribution in [-0.2, 0) is 21.2 Å². The van der Waals surface area contributed by atoms with Gasteiger partial charge in [-0.15, -0.1) is 5.10 Å². The number of benzene rings is 2. The smallest absolute Gasteiger partial charge is 0.284 e. The second kappa shape index (κ2) is 8.19. The molecule has 0 radical (unpaired) electrons. The number of anilines is 2. The zero-order valence-electron chi connectivity index (χ0n) is 16.9. The van der Waals surface area contributed by atoms with Crippen LogP contribution in [0.5, 0.6) is 5.75 Å². The van der Waals surface area contributed by atoms with Crippen LogP contribution in [0.25, 0.3) is 0 Å². The molecule has 3 aromatic rings. The second-order valence-corrected chi connectivity index (χ2v) is 8.71. The van der Waals surface area contributed by atoms with Crippen LogP contribution in [-0.4, -0.2) is 31.5 Å². The predicted molar refractivity (Wildman–Crippen MR) is 117 cm³/mol. The molecule has 8 nitrogen and oxygen atoms in total. The number of aromatic nitrogens is 1. The highest BCUT2D eigenvalue weighted by Crippen LogP contribution is 2.35. The van der Waals surface area contributed by atoms with Gasteiger partial charge in [0.15, 0.2) is 5.82 Å². The van der Waals surface area contributed by atoms with E-state index in [0.29, 0.717) is 17.0 Å². The number of methoxy groups -OCH3 is 1. The number of para-hydroxylation sites is 1. The van der Waals surface area contributed by atoms with E-state index >= 15 is 0 Å². The molecule has 0 saturated heterocycles. The Labute approximate surface area is 180 Å². The molecule has 0 unspecified atom stereocenters. The average molecular weight is 436 g/mol. The largest absolute Gasteiger partial charge is 0.496 e. The van der Waals surface area contributed by atoms with Crippen LogP contribution < -0.4 is 15.1 Å². The summed E-state index contributed by atoms with van der Waals surface area (Å²) in [5.74, 6) is -0.0720. The molecule has 2 heterocycles. The SMILES string of the molecule is COc1ccccc1CNC(=O)C1=NN(c2ccc(C)cc2)c2ncccc2S1(=O)=O. The van der Waals surface area contributed by atoms with E-state index in [-0.39, 0.29) is 17.3 Å². The Balaban J connectivity index is 1.71. The van der Waals surface area contributed by atoms with Crippen LogP contribution in [0.4, 0.5) is 11.5 Å². The van der Waals surface area contributed by atoms with Crippen molar-refractivity contribution in [1.82, 2.24) is 10.3 Å². The summed E-state index contributed by atoms with van der Waals surface area (Å²) in [6.07, 6.45) is 1.48. The van der Waals surface area contributed by atoms with Crippen LogP contribution in [0.1, 0.15) is 11.1 Å². The van der Waals surface area contributed by atoms with Crippen molar-refractivity contribution in [3.05, 3.63) is 78.0 Å². The fourth-order valence-electron chi connectivity index (χ4n) is 3.18. The Hall–Kier alpha value is -3.72. The molecule has 1 amide bonds. The van der Waals surface area contributed by atoms with Gasteiger partial charge >= 0.3 is 0 Å². The lowest BCUT2D eigenvalue weighted by Crippen LogP contribution is -2.40. The van der Waals surface area contributed by atoms with Gasteiger partial charge in [0.1, 0.15) is 10.6 Å². The van der Waals surface area contributed by atoms with Crippen LogP contribution >= 0.6 is 0 Å². The van der Waals surface area contributed by atoms with Gasteiger partial charge in [0.05, 0.1) is 12.8 Å². The molecule has 0 atom stereocenters. The summed E-state index contributed by atoms with van der Waals surface area (Å²) >= 11 is 0. The third-order valence-corrected chi connectivity index (χ3v) is 6.46. The van der Waals surface area contributed by atoms with Crippen molar-refractivity contribution in [1.29, 1.82) is 0 Å². The van der Waals surface area contributed by atoms with Crippen LogP contribution in [0, 0.1) is 6.92 Å². The molecule has 1 aliphatic heterocycles. The van der Waals surface area contributed by atoms with Crippen molar-refractivity contribution in [3.63, 3.8) is 0 Å². The standard InChI is InChI=1S/C22H20N4O4S/c1-15-9-11-17(12-10-15)26-20-19(8-5-13-23-20)31(28,29)22(25-26)21(27)24-14-16-6-3-4-7-18(16)30-2/h3-13H,14H2,1-2H3,(H,24,27). The summed E-state index contributed by atoms with van der Waals surface area (Å²) in [5, 5.41) is 7.60. The molecule has 1 aromatic heterocycles. The fraction of sp³-hybridized carbons (Fsp3) is 0.136. The monoisotopic (exact) mass is 436 g/mol. The van der Waals surface area contributed by atoms with E-state index in [1.165, 1.54) is 30.4 Å². The molecule has 9 heteroatoms. The molecule has 1 N–H and O–H groups in total. The Morgan fingerprint density at radius 2 is 1.81 bits per heavy atom. The van der Waals surface area contributed by atoms with Gasteiger partial charge in [-0.3, -0.25) is 4.79 Å². The van der Waals surface area contributed by atoms with Crippen molar-refractivity contribution in [2.45, 2.75) is 18.4 Å². The van der Waals surface area contributed by atoms with Crippen LogP contribution in [0.2, 0.25) is 0 Å². The third kappa shape index (κ3) is 3.87. The molecule has 0 fully saturated rings. The first-order valence-corrected chi connectivity index (χ1v) is 11.0. The zero-order chi connectivity index (χ0) is 22.0. The number of fused-ring (bicyclic) bond motifs is 1. The van der Waals surface area contributed by atoms with Gasteiger partial charge in [0.25, 0.3) is 5.91 Å². The number of sulfone groups is 1. The first-order chi connectivity index (χ1) is 14.9. The second-order valence-electron chi connectivity index (χ2n) is 6.88. The molecule has 2 aromatic carbocycles. The number of carbonyl (C=O) groups is 1. The molecule has 0 aliphatic carbocycles. The third-order valence-electron chi connectivity index (χ3n) is 4.79. The van der Waals surface area contributed by atoms with Gasteiger partial charge in [0.2, 0.25) is 14.9 Å². The average Bonchev–Trinajstić information content (AvgIpc) is 2.78. The van der Waals surface area contributed by atoms with Gasteiger partial charge in [0, 0.05) is 18.3 Å². The number of amides is 1. The van der Waals surface area contributed by atoms with E-state index in [1.807, 2.05) is 25.1 Å². The number of hydrogen-bond donors (Lipinski definition) is 1. The van der Waals surface area contributed by atoms with E-state index < -0.39 is 20.8 Å². The molecular weight excluding hydrogens is 416 g/mol. The lowest BCUT2D eigenvalue weighted by molar-refractivity contribution is -0.114. The lowest BCUT2D eigenvalue weighted by Gasteiger charge is -2.26. The number of pyridine rings is 1. The highest BCUT2D eigenvalue weighted by Gasteiger charge is 2.38. The summed E-state index contributed by atoms with van der Waals surface area (Å²) in [5.41, 5.74) is 2.34. The summed E-state index contributed by atoms with van der Waals surface area (Å²) in [6.45, 7) is 2.03. The van der Waals surface area contributed by atoms with E-state index in [1.54, 1.807) is 30.3 Å². The molecule has 31 heavy (non-hydrogen) atoms. The minimum Gasteiger partial charge on any atom is -0.496 e. The summed E-state index contributed by atoms with van der Waals surface area (Å²) in [7, 11) is -2.62. The predicted octanol–water partition coefficient (Wildman–Crippen LogP) is 2.95. The lowest BCUT2D eigenvalue weighted by atomic mass is 10.2. The van der Waals surface area contributed by atoms with Gasteiger partial charge in [-0.05, 0) is 37.3 Å². The number of ether oxygens (including phenoxy) is 1. The van der Waals surface area contributed by atoms with Gasteiger partial charge < -0.3 is 10.1 Å². The first kappa shape index (κ1) is 20.5. The summed E-state index contributed by atoms with van der Waals surface area (Å²) < 4.78 is 31.5. The van der Waals surface area contributed by atoms with E-state index in [2.05, 4.69) is 15.4 Å². The number of aryl methyl sites for hydroxylation is 1. The normalized spacial score (nSPS) is 14.4. The topological polar surface area (TPSA) is 101 Å². The van der Waals surface area contributed by atoms with Gasteiger partial charge in [-0.1, -0.05) is 35.9 Å². The molecule has 1 aliphatic rings. The van der Waals surface area contributed by atoms with Crippen molar-refractivity contribution >= 4 is 32.3 Å². The number of carbonyl (C=O) groups excluding carboxylic acids is 1. The molecular formula is C22H20N4O4S. The number of rotatable bonds is 5. The highest BCUT2D eigenvalue weighted by molar-refractivity contribution is 8.08. The maximum atomic E-state index is 13.1. The van der Waals surface area contributed by atoms with Crippen LogP contribution in [0.15, 0.2) is 76.9 Å². The summed E-state index contributed by atoms with van der Waals surface area (Å²) in [4.78, 5) is 17.0. The van der Waals surface area contributed by atoms with Crippen LogP contribution in [0.3, 0.4) is 0 Å². The number of hydrogen-bond acceptors (Lipinski definition) is 7. The Bertz CT molecular complexity index is 1270.